The topological polar surface area (TPSA) is 58.7 Å². The van der Waals surface area contributed by atoms with Gasteiger partial charge in [0.1, 0.15) is 4.83 Å². The van der Waals surface area contributed by atoms with E-state index in [1.165, 1.54) is 23.1 Å². The monoisotopic (exact) mass is 373 g/mol. The Morgan fingerprint density at radius 3 is 3.04 bits per heavy atom. The maximum atomic E-state index is 13.0. The number of unbranched alkanes of at least 4 members (excludes halogenated alkanes) is 1. The number of nitrogens with zero attached hydrogens (tertiary/aromatic N) is 3. The number of allylic oxidation sites excluding steroid dienone is 1. The van der Waals surface area contributed by atoms with Gasteiger partial charge in [0.25, 0.3) is 5.56 Å². The Balaban J connectivity index is 2.07. The van der Waals surface area contributed by atoms with Crippen molar-refractivity contribution in [1.29, 1.82) is 5.26 Å². The molecule has 0 spiro atoms. The molecule has 0 aliphatic carbocycles. The van der Waals surface area contributed by atoms with Gasteiger partial charge in [0.05, 0.1) is 11.5 Å². The summed E-state index contributed by atoms with van der Waals surface area (Å²) in [6.45, 7) is 4.19. The third-order valence-electron chi connectivity index (χ3n) is 3.42. The molecule has 0 saturated carbocycles. The summed E-state index contributed by atoms with van der Waals surface area (Å²) in [5.74, 6) is 0.770. The van der Waals surface area contributed by atoms with Crippen LogP contribution >= 0.6 is 34.4 Å². The minimum atomic E-state index is -0.0210. The highest BCUT2D eigenvalue weighted by molar-refractivity contribution is 7.99. The highest BCUT2D eigenvalue weighted by Crippen LogP contribution is 2.34. The summed E-state index contributed by atoms with van der Waals surface area (Å²) in [6.07, 6.45) is 3.02. The lowest BCUT2D eigenvalue weighted by Gasteiger charge is -2.10. The van der Waals surface area contributed by atoms with Crippen LogP contribution in [-0.4, -0.2) is 15.3 Å². The predicted octanol–water partition coefficient (Wildman–Crippen LogP) is 4.77. The molecular weight excluding hydrogens is 358 g/mol. The molecule has 0 amide bonds. The Bertz CT molecular complexity index is 948. The summed E-state index contributed by atoms with van der Waals surface area (Å²) in [5.41, 5.74) is 0.939. The standard InChI is InChI=1S/C17H15N3OS3/c1-2-8-20-16(21)14-12(13-6-5-10-22-13)11-24-15(14)19-17(20)23-9-4-3-7-18/h2,5-6,10-11H,1,3-4,8-9H2. The molecule has 0 aromatic carbocycles. The van der Waals surface area contributed by atoms with Crippen molar-refractivity contribution in [2.75, 3.05) is 5.75 Å². The van der Waals surface area contributed by atoms with Crippen LogP contribution in [-0.2, 0) is 6.54 Å². The van der Waals surface area contributed by atoms with Crippen molar-refractivity contribution in [3.63, 3.8) is 0 Å². The molecule has 0 aliphatic heterocycles. The molecule has 24 heavy (non-hydrogen) atoms. The zero-order valence-corrected chi connectivity index (χ0v) is 15.3. The van der Waals surface area contributed by atoms with Crippen LogP contribution < -0.4 is 5.56 Å². The van der Waals surface area contributed by atoms with Crippen molar-refractivity contribution in [3.8, 4) is 16.5 Å². The van der Waals surface area contributed by atoms with Gasteiger partial charge in [-0.2, -0.15) is 5.26 Å². The largest absolute Gasteiger partial charge is 0.283 e. The van der Waals surface area contributed by atoms with Crippen LogP contribution in [0.2, 0.25) is 0 Å². The van der Waals surface area contributed by atoms with E-state index in [1.54, 1.807) is 22.0 Å². The Labute approximate surface area is 152 Å². The Morgan fingerprint density at radius 1 is 1.46 bits per heavy atom. The average Bonchev–Trinajstić information content (AvgIpc) is 3.23. The van der Waals surface area contributed by atoms with Gasteiger partial charge in [-0.05, 0) is 17.9 Å². The van der Waals surface area contributed by atoms with Crippen LogP contribution in [0.1, 0.15) is 12.8 Å². The van der Waals surface area contributed by atoms with E-state index in [0.717, 1.165) is 27.4 Å². The molecule has 4 nitrogen and oxygen atoms in total. The number of thioether (sulfide) groups is 1. The Hall–Kier alpha value is -1.88. The second kappa shape index (κ2) is 7.79. The first-order valence-corrected chi connectivity index (χ1v) is 10.2. The quantitative estimate of drug-likeness (QED) is 0.259. The maximum Gasteiger partial charge on any atom is 0.263 e. The summed E-state index contributed by atoms with van der Waals surface area (Å²) in [7, 11) is 0. The molecular formula is C17H15N3OS3. The second-order valence-electron chi connectivity index (χ2n) is 5.02. The molecule has 3 heterocycles. The van der Waals surface area contributed by atoms with Gasteiger partial charge in [-0.25, -0.2) is 4.98 Å². The van der Waals surface area contributed by atoms with E-state index < -0.39 is 0 Å². The fourth-order valence-electron chi connectivity index (χ4n) is 2.33. The van der Waals surface area contributed by atoms with Crippen molar-refractivity contribution < 1.29 is 0 Å². The number of rotatable bonds is 7. The SMILES string of the molecule is C=CCn1c(SCCCC#N)nc2scc(-c3cccs3)c2c1=O. The highest BCUT2D eigenvalue weighted by atomic mass is 32.2. The summed E-state index contributed by atoms with van der Waals surface area (Å²) in [5, 5.41) is 14.0. The van der Waals surface area contributed by atoms with Gasteiger partial charge < -0.3 is 0 Å². The zero-order chi connectivity index (χ0) is 16.9. The fourth-order valence-corrected chi connectivity index (χ4v) is 5.08. The molecule has 3 aromatic rings. The van der Waals surface area contributed by atoms with Crippen LogP contribution in [0.25, 0.3) is 20.7 Å². The molecule has 0 fully saturated rings. The van der Waals surface area contributed by atoms with Gasteiger partial charge in [0.15, 0.2) is 5.16 Å². The van der Waals surface area contributed by atoms with Crippen LogP contribution in [0.3, 0.4) is 0 Å². The number of fused-ring (bicyclic) bond motifs is 1. The Morgan fingerprint density at radius 2 is 2.33 bits per heavy atom. The summed E-state index contributed by atoms with van der Waals surface area (Å²) in [6, 6.07) is 6.15. The van der Waals surface area contributed by atoms with Gasteiger partial charge in [-0.15, -0.1) is 29.3 Å². The van der Waals surface area contributed by atoms with Crippen molar-refractivity contribution in [3.05, 3.63) is 45.9 Å². The van der Waals surface area contributed by atoms with E-state index in [1.807, 2.05) is 22.9 Å². The van der Waals surface area contributed by atoms with E-state index >= 15 is 0 Å². The zero-order valence-electron chi connectivity index (χ0n) is 12.9. The third kappa shape index (κ3) is 3.31. The molecule has 3 aromatic heterocycles. The first-order chi connectivity index (χ1) is 11.8. The maximum absolute atomic E-state index is 13.0. The summed E-state index contributed by atoms with van der Waals surface area (Å²) >= 11 is 4.65. The number of aromatic nitrogens is 2. The number of hydrogen-bond acceptors (Lipinski definition) is 6. The minimum absolute atomic E-state index is 0.0210. The van der Waals surface area contributed by atoms with Gasteiger partial charge in [-0.1, -0.05) is 23.9 Å². The van der Waals surface area contributed by atoms with E-state index in [9.17, 15) is 4.79 Å². The Kier molecular flexibility index (Phi) is 5.51. The van der Waals surface area contributed by atoms with Crippen molar-refractivity contribution >= 4 is 44.7 Å². The molecule has 3 rings (SSSR count). The molecule has 0 radical (unpaired) electrons. The highest BCUT2D eigenvalue weighted by Gasteiger charge is 2.17. The smallest absolute Gasteiger partial charge is 0.263 e. The first kappa shape index (κ1) is 17.0. The van der Waals surface area contributed by atoms with E-state index in [-0.39, 0.29) is 5.56 Å². The molecule has 0 N–H and O–H groups in total. The van der Waals surface area contributed by atoms with Crippen LogP contribution in [0.5, 0.6) is 0 Å². The van der Waals surface area contributed by atoms with Gasteiger partial charge >= 0.3 is 0 Å². The number of thiophene rings is 2. The number of nitriles is 1. The van der Waals surface area contributed by atoms with Crippen molar-refractivity contribution in [2.45, 2.75) is 24.5 Å². The fraction of sp³-hybridized carbons (Fsp3) is 0.235. The molecule has 7 heteroatoms. The second-order valence-corrected chi connectivity index (χ2v) is 7.88. The third-order valence-corrected chi connectivity index (χ3v) is 6.26. The molecule has 0 aliphatic rings. The molecule has 0 atom stereocenters. The lowest BCUT2D eigenvalue weighted by Crippen LogP contribution is -2.22. The molecule has 0 saturated heterocycles. The summed E-state index contributed by atoms with van der Waals surface area (Å²) in [4.78, 5) is 19.6. The number of hydrogen-bond donors (Lipinski definition) is 0. The van der Waals surface area contributed by atoms with Crippen LogP contribution in [0.4, 0.5) is 0 Å². The van der Waals surface area contributed by atoms with Crippen molar-refractivity contribution in [1.82, 2.24) is 9.55 Å². The van der Waals surface area contributed by atoms with E-state index in [2.05, 4.69) is 12.6 Å². The van der Waals surface area contributed by atoms with E-state index in [0.29, 0.717) is 23.5 Å². The van der Waals surface area contributed by atoms with Crippen LogP contribution in [0.15, 0.2) is 45.5 Å². The minimum Gasteiger partial charge on any atom is -0.283 e. The lowest BCUT2D eigenvalue weighted by molar-refractivity contribution is 0.672. The molecule has 0 unspecified atom stereocenters. The van der Waals surface area contributed by atoms with Gasteiger partial charge in [0.2, 0.25) is 0 Å². The van der Waals surface area contributed by atoms with Crippen molar-refractivity contribution in [2.24, 2.45) is 0 Å². The normalized spacial score (nSPS) is 10.8. The predicted molar refractivity (Wildman–Crippen MR) is 103 cm³/mol. The molecule has 0 bridgehead atoms. The lowest BCUT2D eigenvalue weighted by atomic mass is 10.2. The van der Waals surface area contributed by atoms with E-state index in [4.69, 9.17) is 10.2 Å². The summed E-state index contributed by atoms with van der Waals surface area (Å²) < 4.78 is 1.68. The molecule has 122 valence electrons. The first-order valence-electron chi connectivity index (χ1n) is 7.42. The van der Waals surface area contributed by atoms with Gasteiger partial charge in [0, 0.05) is 34.5 Å². The average molecular weight is 374 g/mol. The van der Waals surface area contributed by atoms with Crippen LogP contribution in [0, 0.1) is 11.3 Å². The van der Waals surface area contributed by atoms with Gasteiger partial charge in [-0.3, -0.25) is 9.36 Å².